The molecule has 0 atom stereocenters. The lowest BCUT2D eigenvalue weighted by Gasteiger charge is -2.12. The maximum Gasteiger partial charge on any atom is 0.355 e. The number of amides is 1. The summed E-state index contributed by atoms with van der Waals surface area (Å²) in [6.07, 6.45) is 1.12. The maximum atomic E-state index is 12.8. The van der Waals surface area contributed by atoms with E-state index in [0.29, 0.717) is 16.8 Å². The van der Waals surface area contributed by atoms with Gasteiger partial charge < -0.3 is 10.1 Å². The van der Waals surface area contributed by atoms with Gasteiger partial charge in [0.2, 0.25) is 11.6 Å². The van der Waals surface area contributed by atoms with Crippen LogP contribution in [0.3, 0.4) is 0 Å². The average Bonchev–Trinajstić information content (AvgIpc) is 2.86. The molecule has 3 aromatic carbocycles. The van der Waals surface area contributed by atoms with E-state index in [9.17, 15) is 19.7 Å². The molecule has 11 heteroatoms. The lowest BCUT2D eigenvalue weighted by atomic mass is 10.0. The number of rotatable bonds is 7. The third-order valence-corrected chi connectivity index (χ3v) is 4.90. The van der Waals surface area contributed by atoms with Crippen LogP contribution in [-0.4, -0.2) is 33.9 Å². The van der Waals surface area contributed by atoms with Crippen LogP contribution in [0.2, 0.25) is 0 Å². The quantitative estimate of drug-likeness (QED) is 0.213. The Hall–Kier alpha value is -5.06. The van der Waals surface area contributed by atoms with E-state index in [1.807, 2.05) is 30.3 Å². The topological polar surface area (TPSA) is 148 Å². The fourth-order valence-corrected chi connectivity index (χ4v) is 3.29. The molecule has 0 fully saturated rings. The highest BCUT2D eigenvalue weighted by molar-refractivity contribution is 6.07. The number of anilines is 3. The minimum absolute atomic E-state index is 0.104. The number of esters is 1. The molecule has 0 spiro atoms. The summed E-state index contributed by atoms with van der Waals surface area (Å²) >= 11 is 0. The molecule has 0 unspecified atom stereocenters. The second-order valence-corrected chi connectivity index (χ2v) is 6.98. The third kappa shape index (κ3) is 4.58. The Morgan fingerprint density at radius 1 is 0.941 bits per heavy atom. The van der Waals surface area contributed by atoms with E-state index in [4.69, 9.17) is 0 Å². The molecule has 0 saturated carbocycles. The zero-order chi connectivity index (χ0) is 24.1. The Morgan fingerprint density at radius 3 is 2.38 bits per heavy atom. The van der Waals surface area contributed by atoms with Gasteiger partial charge in [-0.3, -0.25) is 25.8 Å². The Morgan fingerprint density at radius 2 is 1.65 bits per heavy atom. The largest absolute Gasteiger partial charge is 0.465 e. The molecule has 1 heterocycles. The van der Waals surface area contributed by atoms with E-state index in [0.717, 1.165) is 17.1 Å². The second kappa shape index (κ2) is 9.61. The highest BCUT2D eigenvalue weighted by atomic mass is 16.6. The molecule has 11 nitrogen and oxygen atoms in total. The van der Waals surface area contributed by atoms with Crippen molar-refractivity contribution in [1.29, 1.82) is 0 Å². The average molecular weight is 458 g/mol. The van der Waals surface area contributed by atoms with E-state index in [1.54, 1.807) is 24.3 Å². The van der Waals surface area contributed by atoms with Crippen molar-refractivity contribution >= 4 is 45.7 Å². The molecule has 1 amide bonds. The van der Waals surface area contributed by atoms with Crippen LogP contribution >= 0.6 is 0 Å². The number of nitro groups is 1. The van der Waals surface area contributed by atoms with Crippen LogP contribution in [0.4, 0.5) is 23.0 Å². The highest BCUT2D eigenvalue weighted by Gasteiger charge is 2.24. The number of carbonyl (C=O) groups excluding carboxylic acids is 2. The van der Waals surface area contributed by atoms with Gasteiger partial charge in [0.05, 0.1) is 17.6 Å². The molecule has 34 heavy (non-hydrogen) atoms. The van der Waals surface area contributed by atoms with Gasteiger partial charge in [-0.05, 0) is 41.1 Å². The number of hydrogen-bond donors (Lipinski definition) is 3. The molecular formula is C23H18N6O5. The van der Waals surface area contributed by atoms with Crippen molar-refractivity contribution < 1.29 is 19.2 Å². The number of carbonyl (C=O) groups is 2. The normalized spacial score (nSPS) is 10.4. The summed E-state index contributed by atoms with van der Waals surface area (Å²) in [5.41, 5.74) is 5.67. The van der Waals surface area contributed by atoms with Gasteiger partial charge in [-0.15, -0.1) is 0 Å². The van der Waals surface area contributed by atoms with Crippen molar-refractivity contribution in [2.24, 2.45) is 0 Å². The predicted molar refractivity (Wildman–Crippen MR) is 125 cm³/mol. The molecule has 4 aromatic rings. The van der Waals surface area contributed by atoms with Crippen LogP contribution in [-0.2, 0) is 4.74 Å². The van der Waals surface area contributed by atoms with Crippen molar-refractivity contribution in [2.45, 2.75) is 0 Å². The number of hydrogen-bond acceptors (Lipinski definition) is 9. The minimum Gasteiger partial charge on any atom is -0.465 e. The van der Waals surface area contributed by atoms with Gasteiger partial charge in [-0.25, -0.2) is 14.8 Å². The zero-order valence-corrected chi connectivity index (χ0v) is 17.8. The van der Waals surface area contributed by atoms with Crippen LogP contribution in [0.1, 0.15) is 20.7 Å². The number of hydrazine groups is 1. The number of fused-ring (bicyclic) bond motifs is 1. The molecule has 0 bridgehead atoms. The molecule has 0 aliphatic carbocycles. The first-order valence-electron chi connectivity index (χ1n) is 9.97. The molecule has 3 N–H and O–H groups in total. The Balaban J connectivity index is 1.56. The van der Waals surface area contributed by atoms with E-state index in [1.165, 1.54) is 19.2 Å². The highest BCUT2D eigenvalue weighted by Crippen LogP contribution is 2.31. The minimum atomic E-state index is -0.669. The van der Waals surface area contributed by atoms with Crippen LogP contribution < -0.4 is 16.2 Å². The fraction of sp³-hybridized carbons (Fsp3) is 0.0435. The van der Waals surface area contributed by atoms with E-state index < -0.39 is 22.5 Å². The zero-order valence-electron chi connectivity index (χ0n) is 17.8. The number of benzene rings is 3. The molecule has 4 rings (SSSR count). The molecule has 0 saturated heterocycles. The molecular weight excluding hydrogens is 440 g/mol. The monoisotopic (exact) mass is 458 g/mol. The number of ether oxygens (including phenoxy) is 1. The van der Waals surface area contributed by atoms with Crippen molar-refractivity contribution in [3.8, 4) is 0 Å². The Kier molecular flexibility index (Phi) is 6.26. The fourth-order valence-electron chi connectivity index (χ4n) is 3.29. The lowest BCUT2D eigenvalue weighted by molar-refractivity contribution is -0.383. The van der Waals surface area contributed by atoms with Gasteiger partial charge in [0.25, 0.3) is 5.91 Å². The molecule has 0 radical (unpaired) electrons. The van der Waals surface area contributed by atoms with Gasteiger partial charge in [-0.1, -0.05) is 36.4 Å². The first-order chi connectivity index (χ1) is 16.5. The van der Waals surface area contributed by atoms with Crippen LogP contribution in [0.15, 0.2) is 73.1 Å². The first-order valence-corrected chi connectivity index (χ1v) is 9.97. The summed E-state index contributed by atoms with van der Waals surface area (Å²) in [7, 11) is 1.27. The van der Waals surface area contributed by atoms with Crippen molar-refractivity contribution in [2.75, 3.05) is 17.9 Å². The maximum absolute atomic E-state index is 12.8. The van der Waals surface area contributed by atoms with Crippen LogP contribution in [0.5, 0.6) is 0 Å². The van der Waals surface area contributed by atoms with E-state index >= 15 is 0 Å². The Labute approximate surface area is 192 Å². The number of nitrogens with zero attached hydrogens (tertiary/aromatic N) is 3. The summed E-state index contributed by atoms with van der Waals surface area (Å²) in [5, 5.41) is 16.2. The Bertz CT molecular complexity index is 1390. The smallest absolute Gasteiger partial charge is 0.355 e. The third-order valence-electron chi connectivity index (χ3n) is 4.90. The van der Waals surface area contributed by atoms with Crippen LogP contribution in [0.25, 0.3) is 10.8 Å². The molecule has 0 aliphatic rings. The summed E-state index contributed by atoms with van der Waals surface area (Å²) in [5.74, 6) is -1.30. The molecule has 0 aliphatic heterocycles. The molecule has 170 valence electrons. The van der Waals surface area contributed by atoms with E-state index in [2.05, 4.69) is 30.9 Å². The van der Waals surface area contributed by atoms with Gasteiger partial charge in [-0.2, -0.15) is 0 Å². The molecule has 1 aromatic heterocycles. The summed E-state index contributed by atoms with van der Waals surface area (Å²) in [6.45, 7) is 0. The standard InChI is InChI=1S/C23H18N6O5/c1-34-23(31)15-9-11-16(12-10-15)26-20-19(29(32)33)21(25-13-24-20)27-28-22(30)18-8-4-6-14-5-2-3-7-17(14)18/h2-13H,1H3,(H,28,30)(H2,24,25,26,27). The van der Waals surface area contributed by atoms with Gasteiger partial charge in [0, 0.05) is 11.3 Å². The first kappa shape index (κ1) is 22.1. The number of methoxy groups -OCH3 is 1. The lowest BCUT2D eigenvalue weighted by Crippen LogP contribution is -2.30. The van der Waals surface area contributed by atoms with Crippen molar-refractivity contribution in [3.05, 3.63) is 94.3 Å². The van der Waals surface area contributed by atoms with E-state index in [-0.39, 0.29) is 11.6 Å². The second-order valence-electron chi connectivity index (χ2n) is 6.98. The summed E-state index contributed by atoms with van der Waals surface area (Å²) in [4.78, 5) is 43.3. The van der Waals surface area contributed by atoms with Gasteiger partial charge in [0.1, 0.15) is 6.33 Å². The van der Waals surface area contributed by atoms with Gasteiger partial charge >= 0.3 is 11.7 Å². The van der Waals surface area contributed by atoms with Crippen molar-refractivity contribution in [1.82, 2.24) is 15.4 Å². The number of nitrogens with one attached hydrogen (secondary N) is 3. The van der Waals surface area contributed by atoms with Crippen LogP contribution in [0, 0.1) is 10.1 Å². The summed E-state index contributed by atoms with van der Waals surface area (Å²) < 4.78 is 4.65. The summed E-state index contributed by atoms with van der Waals surface area (Å²) in [6, 6.07) is 18.8. The predicted octanol–water partition coefficient (Wildman–Crippen LogP) is 3.83. The number of aromatic nitrogens is 2. The van der Waals surface area contributed by atoms with Gasteiger partial charge in [0.15, 0.2) is 0 Å². The van der Waals surface area contributed by atoms with Crippen molar-refractivity contribution in [3.63, 3.8) is 0 Å². The SMILES string of the molecule is COC(=O)c1ccc(Nc2ncnc(NNC(=O)c3cccc4ccccc34)c2[N+](=O)[O-])cc1.